The third kappa shape index (κ3) is 3.57. The first-order valence-corrected chi connectivity index (χ1v) is 11.4. The molecule has 1 unspecified atom stereocenters. The van der Waals surface area contributed by atoms with Crippen molar-refractivity contribution in [2.24, 2.45) is 0 Å². The number of ketones is 1. The third-order valence-corrected chi connectivity index (χ3v) is 6.49. The van der Waals surface area contributed by atoms with Crippen molar-refractivity contribution in [2.45, 2.75) is 32.1 Å². The molecule has 0 bridgehead atoms. The number of hydrogen-bond donors (Lipinski definition) is 0. The molecule has 5 rings (SSSR count). The van der Waals surface area contributed by atoms with Crippen molar-refractivity contribution in [1.82, 2.24) is 14.6 Å². The maximum Gasteiger partial charge on any atom is 0.203 e. The molecule has 7 nitrogen and oxygen atoms in total. The van der Waals surface area contributed by atoms with Gasteiger partial charge in [-0.3, -0.25) is 4.79 Å². The van der Waals surface area contributed by atoms with Gasteiger partial charge in [0.05, 0.1) is 38.3 Å². The summed E-state index contributed by atoms with van der Waals surface area (Å²) in [5.41, 5.74) is 6.23. The van der Waals surface area contributed by atoms with Crippen molar-refractivity contribution in [3.8, 4) is 28.4 Å². The van der Waals surface area contributed by atoms with Gasteiger partial charge in [0.1, 0.15) is 0 Å². The Labute approximate surface area is 198 Å². The Kier molecular flexibility index (Phi) is 5.69. The second-order valence-electron chi connectivity index (χ2n) is 8.40. The van der Waals surface area contributed by atoms with Crippen molar-refractivity contribution < 1.29 is 19.0 Å². The number of rotatable bonds is 6. The number of aryl methyl sites for hydroxylation is 1. The minimum atomic E-state index is -0.0441. The molecule has 0 N–H and O–H groups in total. The molecule has 2 heterocycles. The Morgan fingerprint density at radius 2 is 1.71 bits per heavy atom. The number of Topliss-reactive ketones (excluding diaryl/α,β-unsaturated/α-hetero) is 1. The molecule has 7 heteroatoms. The van der Waals surface area contributed by atoms with E-state index in [2.05, 4.69) is 19.1 Å². The SMILES string of the molecule is CCc1nn2cc3c(nc2c1-c1ccccc1)CC(c1cc(OC)c(OC)c(OC)c1)CC3=O. The van der Waals surface area contributed by atoms with E-state index in [1.54, 1.807) is 25.8 Å². The summed E-state index contributed by atoms with van der Waals surface area (Å²) >= 11 is 0. The molecule has 2 aromatic carbocycles. The largest absolute Gasteiger partial charge is 0.493 e. The summed E-state index contributed by atoms with van der Waals surface area (Å²) in [5, 5.41) is 4.75. The molecule has 0 amide bonds. The van der Waals surface area contributed by atoms with Crippen LogP contribution in [0, 0.1) is 0 Å². The number of hydrogen-bond acceptors (Lipinski definition) is 6. The lowest BCUT2D eigenvalue weighted by Crippen LogP contribution is -2.21. The topological polar surface area (TPSA) is 75.0 Å². The third-order valence-electron chi connectivity index (χ3n) is 6.49. The summed E-state index contributed by atoms with van der Waals surface area (Å²) < 4.78 is 18.3. The zero-order valence-electron chi connectivity index (χ0n) is 19.8. The van der Waals surface area contributed by atoms with E-state index in [0.29, 0.717) is 35.7 Å². The second-order valence-corrected chi connectivity index (χ2v) is 8.40. The van der Waals surface area contributed by atoms with E-state index in [1.807, 2.05) is 36.5 Å². The van der Waals surface area contributed by atoms with Crippen molar-refractivity contribution in [3.63, 3.8) is 0 Å². The summed E-state index contributed by atoms with van der Waals surface area (Å²) in [5.74, 6) is 1.71. The number of nitrogens with zero attached hydrogens (tertiary/aromatic N) is 3. The number of carbonyl (C=O) groups excluding carboxylic acids is 1. The molecule has 0 fully saturated rings. The fourth-order valence-electron chi connectivity index (χ4n) is 4.80. The lowest BCUT2D eigenvalue weighted by atomic mass is 9.82. The monoisotopic (exact) mass is 457 g/mol. The standard InChI is InChI=1S/C27H27N3O4/c1-5-20-25(16-9-7-6-8-10-16)27-28-21-11-17(12-22(31)19(21)15-30(27)29-20)18-13-23(32-2)26(34-4)24(14-18)33-3/h6-10,13-15,17H,5,11-12H2,1-4H3. The summed E-state index contributed by atoms with van der Waals surface area (Å²) in [6.45, 7) is 2.08. The molecular weight excluding hydrogens is 430 g/mol. The van der Waals surface area contributed by atoms with E-state index in [0.717, 1.165) is 40.1 Å². The van der Waals surface area contributed by atoms with Crippen molar-refractivity contribution >= 4 is 11.4 Å². The van der Waals surface area contributed by atoms with Gasteiger partial charge in [0, 0.05) is 18.2 Å². The number of fused-ring (bicyclic) bond motifs is 2. The fourth-order valence-corrected chi connectivity index (χ4v) is 4.80. The highest BCUT2D eigenvalue weighted by Gasteiger charge is 2.30. The number of ether oxygens (including phenoxy) is 3. The molecule has 34 heavy (non-hydrogen) atoms. The van der Waals surface area contributed by atoms with Crippen molar-refractivity contribution in [3.05, 3.63) is 71.2 Å². The second kappa shape index (κ2) is 8.82. The summed E-state index contributed by atoms with van der Waals surface area (Å²) in [6, 6.07) is 14.0. The van der Waals surface area contributed by atoms with Gasteiger partial charge in [-0.15, -0.1) is 0 Å². The highest BCUT2D eigenvalue weighted by atomic mass is 16.5. The minimum absolute atomic E-state index is 0.0441. The van der Waals surface area contributed by atoms with E-state index < -0.39 is 0 Å². The van der Waals surface area contributed by atoms with Gasteiger partial charge in [0.25, 0.3) is 0 Å². The molecule has 4 aromatic rings. The van der Waals surface area contributed by atoms with Crippen LogP contribution in [0.1, 0.15) is 46.6 Å². The van der Waals surface area contributed by atoms with E-state index in [1.165, 1.54) is 0 Å². The van der Waals surface area contributed by atoms with Crippen molar-refractivity contribution in [2.75, 3.05) is 21.3 Å². The van der Waals surface area contributed by atoms with Crippen LogP contribution in [0.4, 0.5) is 0 Å². The lowest BCUT2D eigenvalue weighted by Gasteiger charge is -2.24. The highest BCUT2D eigenvalue weighted by Crippen LogP contribution is 2.43. The number of methoxy groups -OCH3 is 3. The summed E-state index contributed by atoms with van der Waals surface area (Å²) in [4.78, 5) is 18.2. The lowest BCUT2D eigenvalue weighted by molar-refractivity contribution is 0.0962. The average Bonchev–Trinajstić information content (AvgIpc) is 3.24. The predicted molar refractivity (Wildman–Crippen MR) is 129 cm³/mol. The molecule has 0 radical (unpaired) electrons. The van der Waals surface area contributed by atoms with Crippen LogP contribution in [-0.2, 0) is 12.8 Å². The number of carbonyl (C=O) groups is 1. The predicted octanol–water partition coefficient (Wildman–Crippen LogP) is 4.90. The molecule has 0 spiro atoms. The van der Waals surface area contributed by atoms with E-state index in [-0.39, 0.29) is 11.7 Å². The molecule has 1 aliphatic rings. The van der Waals surface area contributed by atoms with E-state index in [9.17, 15) is 4.79 Å². The van der Waals surface area contributed by atoms with Gasteiger partial charge in [0.15, 0.2) is 22.9 Å². The molecule has 0 saturated carbocycles. The van der Waals surface area contributed by atoms with Gasteiger partial charge in [-0.1, -0.05) is 37.3 Å². The summed E-state index contributed by atoms with van der Waals surface area (Å²) in [6.07, 6.45) is 3.64. The molecule has 2 aromatic heterocycles. The molecular formula is C27H27N3O4. The maximum atomic E-state index is 13.2. The molecule has 1 atom stereocenters. The van der Waals surface area contributed by atoms with Gasteiger partial charge in [0.2, 0.25) is 5.75 Å². The van der Waals surface area contributed by atoms with Gasteiger partial charge >= 0.3 is 0 Å². The molecule has 0 saturated heterocycles. The zero-order valence-corrected chi connectivity index (χ0v) is 19.8. The Bertz CT molecular complexity index is 1350. The van der Waals surface area contributed by atoms with E-state index in [4.69, 9.17) is 24.3 Å². The first kappa shape index (κ1) is 21.9. The van der Waals surface area contributed by atoms with Gasteiger partial charge in [-0.2, -0.15) is 5.10 Å². The Hall–Kier alpha value is -3.87. The van der Waals surface area contributed by atoms with Crippen LogP contribution in [0.3, 0.4) is 0 Å². The quantitative estimate of drug-likeness (QED) is 0.410. The van der Waals surface area contributed by atoms with Crippen LogP contribution in [0.2, 0.25) is 0 Å². The van der Waals surface area contributed by atoms with Crippen LogP contribution in [0.25, 0.3) is 16.8 Å². The first-order valence-electron chi connectivity index (χ1n) is 11.4. The van der Waals surface area contributed by atoms with E-state index >= 15 is 0 Å². The first-order chi connectivity index (χ1) is 16.6. The Morgan fingerprint density at radius 1 is 1.00 bits per heavy atom. The number of aromatic nitrogens is 3. The zero-order chi connectivity index (χ0) is 23.8. The van der Waals surface area contributed by atoms with Crippen LogP contribution in [-0.4, -0.2) is 41.7 Å². The highest BCUT2D eigenvalue weighted by molar-refractivity contribution is 5.99. The van der Waals surface area contributed by atoms with Crippen LogP contribution in [0.5, 0.6) is 17.2 Å². The fraction of sp³-hybridized carbons (Fsp3) is 0.296. The minimum Gasteiger partial charge on any atom is -0.493 e. The van der Waals surface area contributed by atoms with Crippen molar-refractivity contribution in [1.29, 1.82) is 0 Å². The van der Waals surface area contributed by atoms with Gasteiger partial charge in [-0.05, 0) is 42.0 Å². The van der Waals surface area contributed by atoms with Crippen LogP contribution < -0.4 is 14.2 Å². The van der Waals surface area contributed by atoms with Gasteiger partial charge in [-0.25, -0.2) is 9.50 Å². The molecule has 174 valence electrons. The Balaban J connectivity index is 1.61. The van der Waals surface area contributed by atoms with Crippen LogP contribution in [0.15, 0.2) is 48.7 Å². The summed E-state index contributed by atoms with van der Waals surface area (Å²) in [7, 11) is 4.77. The molecule has 0 aliphatic heterocycles. The Morgan fingerprint density at radius 3 is 2.32 bits per heavy atom. The number of benzene rings is 2. The van der Waals surface area contributed by atoms with Crippen LogP contribution >= 0.6 is 0 Å². The maximum absolute atomic E-state index is 13.2. The molecule has 1 aliphatic carbocycles. The smallest absolute Gasteiger partial charge is 0.203 e. The average molecular weight is 458 g/mol. The van der Waals surface area contributed by atoms with Gasteiger partial charge < -0.3 is 14.2 Å². The normalized spacial score (nSPS) is 15.3.